The summed E-state index contributed by atoms with van der Waals surface area (Å²) in [6.45, 7) is 3.23. The summed E-state index contributed by atoms with van der Waals surface area (Å²) in [6, 6.07) is 14.2. The number of likely N-dealkylation sites (tertiary alicyclic amines) is 1. The van der Waals surface area contributed by atoms with E-state index in [4.69, 9.17) is 4.74 Å². The minimum Gasteiger partial charge on any atom is -0.494 e. The lowest BCUT2D eigenvalue weighted by molar-refractivity contribution is -0.146. The van der Waals surface area contributed by atoms with Crippen LogP contribution < -0.4 is 10.1 Å². The van der Waals surface area contributed by atoms with Gasteiger partial charge in [0.05, 0.1) is 12.3 Å². The molecule has 3 aromatic rings. The Hall–Kier alpha value is -3.67. The van der Waals surface area contributed by atoms with Crippen molar-refractivity contribution in [2.45, 2.75) is 38.0 Å². The molecule has 12 heteroatoms. The summed E-state index contributed by atoms with van der Waals surface area (Å²) in [5.74, 6) is -0.772. The number of halogens is 3. The molecule has 1 aliphatic rings. The fourth-order valence-corrected chi connectivity index (χ4v) is 4.32. The first kappa shape index (κ1) is 24.5. The highest BCUT2D eigenvalue weighted by atomic mass is 19.4. The van der Waals surface area contributed by atoms with Gasteiger partial charge in [-0.3, -0.25) is 0 Å². The maximum absolute atomic E-state index is 13.3. The number of piperidine rings is 1. The molecule has 2 aromatic carbocycles. The van der Waals surface area contributed by atoms with Crippen LogP contribution in [0.2, 0.25) is 0 Å². The van der Waals surface area contributed by atoms with E-state index in [1.807, 2.05) is 37.3 Å². The van der Waals surface area contributed by atoms with Crippen molar-refractivity contribution >= 4 is 6.09 Å². The maximum atomic E-state index is 13.3. The Kier molecular flexibility index (Phi) is 7.20. The normalized spacial score (nSPS) is 18.5. The summed E-state index contributed by atoms with van der Waals surface area (Å²) in [6.07, 6.45) is -5.08. The molecule has 2 atom stereocenters. The van der Waals surface area contributed by atoms with Gasteiger partial charge in [0, 0.05) is 37.2 Å². The number of hydrogen-bond acceptors (Lipinski definition) is 6. The van der Waals surface area contributed by atoms with Gasteiger partial charge in [-0.25, -0.2) is 4.79 Å². The lowest BCUT2D eigenvalue weighted by atomic mass is 9.86. The molecule has 35 heavy (non-hydrogen) atoms. The quantitative estimate of drug-likeness (QED) is 0.520. The Labute approximate surface area is 199 Å². The summed E-state index contributed by atoms with van der Waals surface area (Å²) in [7, 11) is 0. The number of hydrogen-bond donors (Lipinski definition) is 2. The highest BCUT2D eigenvalue weighted by Crippen LogP contribution is 2.31. The Bertz CT molecular complexity index is 1150. The second kappa shape index (κ2) is 10.3. The molecule has 0 bridgehead atoms. The minimum atomic E-state index is -4.71. The molecule has 0 saturated carbocycles. The fourth-order valence-electron chi connectivity index (χ4n) is 4.32. The number of nitrogens with one attached hydrogen (secondary N) is 1. The summed E-state index contributed by atoms with van der Waals surface area (Å²) >= 11 is 0. The van der Waals surface area contributed by atoms with Gasteiger partial charge in [0.15, 0.2) is 0 Å². The Morgan fingerprint density at radius 1 is 1.23 bits per heavy atom. The minimum absolute atomic E-state index is 0.0510. The van der Waals surface area contributed by atoms with Crippen LogP contribution in [0.5, 0.6) is 5.75 Å². The second-order valence-corrected chi connectivity index (χ2v) is 8.16. The van der Waals surface area contributed by atoms with Gasteiger partial charge < -0.3 is 20.1 Å². The first-order valence-electron chi connectivity index (χ1n) is 11.2. The topological polar surface area (TPSA) is 105 Å². The molecule has 1 amide bonds. The van der Waals surface area contributed by atoms with Gasteiger partial charge in [0.2, 0.25) is 0 Å². The van der Waals surface area contributed by atoms with Crippen LogP contribution in [0, 0.1) is 0 Å². The second-order valence-electron chi connectivity index (χ2n) is 8.16. The number of nitrogens with zero attached hydrogens (tertiary/aromatic N) is 5. The van der Waals surface area contributed by atoms with Crippen molar-refractivity contribution in [3.8, 4) is 11.4 Å². The van der Waals surface area contributed by atoms with E-state index in [1.54, 1.807) is 12.1 Å². The number of carboxylic acid groups (broad SMARTS) is 1. The number of ether oxygens (including phenoxy) is 1. The molecule has 1 fully saturated rings. The van der Waals surface area contributed by atoms with Crippen LogP contribution in [0.3, 0.4) is 0 Å². The van der Waals surface area contributed by atoms with Crippen LogP contribution in [0.4, 0.5) is 18.0 Å². The van der Waals surface area contributed by atoms with Gasteiger partial charge in [-0.2, -0.15) is 17.9 Å². The van der Waals surface area contributed by atoms with Crippen LogP contribution in [0.25, 0.3) is 5.69 Å². The number of tetrazole rings is 1. The van der Waals surface area contributed by atoms with Crippen LogP contribution in [-0.4, -0.2) is 62.0 Å². The number of alkyl halides is 3. The van der Waals surface area contributed by atoms with Gasteiger partial charge in [-0.15, -0.1) is 5.10 Å². The molecule has 0 radical (unpaired) electrons. The third-order valence-corrected chi connectivity index (χ3v) is 5.98. The maximum Gasteiger partial charge on any atom is 0.453 e. The van der Waals surface area contributed by atoms with Crippen molar-refractivity contribution in [1.29, 1.82) is 0 Å². The van der Waals surface area contributed by atoms with Crippen molar-refractivity contribution in [2.75, 3.05) is 19.7 Å². The highest BCUT2D eigenvalue weighted by molar-refractivity contribution is 5.65. The molecule has 2 heterocycles. The summed E-state index contributed by atoms with van der Waals surface area (Å²) in [4.78, 5) is 13.0. The molecule has 186 valence electrons. The van der Waals surface area contributed by atoms with E-state index in [2.05, 4.69) is 20.8 Å². The molecule has 1 saturated heterocycles. The van der Waals surface area contributed by atoms with Crippen molar-refractivity contribution in [1.82, 2.24) is 30.4 Å². The van der Waals surface area contributed by atoms with Gasteiger partial charge in [0.25, 0.3) is 5.82 Å². The predicted molar refractivity (Wildman–Crippen MR) is 119 cm³/mol. The van der Waals surface area contributed by atoms with E-state index in [9.17, 15) is 23.1 Å². The molecular formula is C23H25F3N6O3. The monoisotopic (exact) mass is 490 g/mol. The third kappa shape index (κ3) is 5.53. The summed E-state index contributed by atoms with van der Waals surface area (Å²) < 4.78 is 46.3. The van der Waals surface area contributed by atoms with E-state index in [-0.39, 0.29) is 17.6 Å². The Morgan fingerprint density at radius 3 is 2.69 bits per heavy atom. The SMILES string of the molecule is CCOc1ccc(-n2nnnc2C(F)(F)F)cc1CNC1CCN(C(=O)O)C[C@H]1c1ccccc1. The van der Waals surface area contributed by atoms with Crippen LogP contribution in [0.1, 0.15) is 36.2 Å². The average Bonchev–Trinajstić information content (AvgIpc) is 3.35. The standard InChI is InChI=1S/C23H25F3N6O3/c1-2-35-20-9-8-17(32-21(23(24,25)26)28-29-30-32)12-16(20)13-27-19-10-11-31(22(33)34)14-18(19)15-6-4-3-5-7-15/h3-9,12,18-19,27H,2,10-11,13-14H2,1H3,(H,33,34)/t18-,19?/m0/s1. The molecule has 4 rings (SSSR count). The van der Waals surface area contributed by atoms with Crippen molar-refractivity contribution in [2.24, 2.45) is 0 Å². The number of rotatable bonds is 7. The van der Waals surface area contributed by atoms with Crippen LogP contribution >= 0.6 is 0 Å². The number of aromatic nitrogens is 4. The molecule has 0 aliphatic carbocycles. The lowest BCUT2D eigenvalue weighted by Crippen LogP contribution is -2.49. The zero-order valence-corrected chi connectivity index (χ0v) is 18.9. The largest absolute Gasteiger partial charge is 0.494 e. The van der Waals surface area contributed by atoms with E-state index >= 15 is 0 Å². The van der Waals surface area contributed by atoms with Crippen molar-refractivity contribution < 1.29 is 27.8 Å². The molecule has 1 aliphatic heterocycles. The zero-order valence-electron chi connectivity index (χ0n) is 18.9. The van der Waals surface area contributed by atoms with Gasteiger partial charge in [-0.05, 0) is 47.5 Å². The Morgan fingerprint density at radius 2 is 2.00 bits per heavy atom. The molecule has 1 unspecified atom stereocenters. The fraction of sp³-hybridized carbons (Fsp3) is 0.391. The van der Waals surface area contributed by atoms with Crippen molar-refractivity contribution in [3.63, 3.8) is 0 Å². The first-order valence-corrected chi connectivity index (χ1v) is 11.2. The molecular weight excluding hydrogens is 465 g/mol. The van der Waals surface area contributed by atoms with Crippen LogP contribution in [-0.2, 0) is 12.7 Å². The molecule has 2 N–H and O–H groups in total. The van der Waals surface area contributed by atoms with Crippen molar-refractivity contribution in [3.05, 3.63) is 65.5 Å². The summed E-state index contributed by atoms with van der Waals surface area (Å²) in [5.41, 5.74) is 1.81. The van der Waals surface area contributed by atoms with E-state index in [0.29, 0.717) is 48.7 Å². The van der Waals surface area contributed by atoms with Gasteiger partial charge >= 0.3 is 12.3 Å². The van der Waals surface area contributed by atoms with Crippen LogP contribution in [0.15, 0.2) is 48.5 Å². The summed E-state index contributed by atoms with van der Waals surface area (Å²) in [5, 5.41) is 22.8. The third-order valence-electron chi connectivity index (χ3n) is 5.98. The number of carbonyl (C=O) groups is 1. The zero-order chi connectivity index (χ0) is 25.0. The molecule has 1 aromatic heterocycles. The number of amides is 1. The average molecular weight is 490 g/mol. The molecule has 0 spiro atoms. The van der Waals surface area contributed by atoms with E-state index < -0.39 is 18.1 Å². The first-order chi connectivity index (χ1) is 16.8. The van der Waals surface area contributed by atoms with E-state index in [1.165, 1.54) is 11.0 Å². The smallest absolute Gasteiger partial charge is 0.453 e. The van der Waals surface area contributed by atoms with Gasteiger partial charge in [0.1, 0.15) is 5.75 Å². The number of benzene rings is 2. The van der Waals surface area contributed by atoms with E-state index in [0.717, 1.165) is 5.56 Å². The highest BCUT2D eigenvalue weighted by Gasteiger charge is 2.38. The lowest BCUT2D eigenvalue weighted by Gasteiger charge is -2.38. The molecule has 9 nitrogen and oxygen atoms in total. The van der Waals surface area contributed by atoms with Gasteiger partial charge in [-0.1, -0.05) is 30.3 Å². The predicted octanol–water partition coefficient (Wildman–Crippen LogP) is 3.71. The Balaban J connectivity index is 1.59.